The maximum absolute atomic E-state index is 5.56. The number of aromatic amines is 1. The normalized spacial score (nSPS) is 13.6. The molecule has 0 atom stereocenters. The lowest BCUT2D eigenvalue weighted by molar-refractivity contribution is 0.171. The van der Waals surface area contributed by atoms with Crippen LogP contribution in [0.5, 0.6) is 11.5 Å². The van der Waals surface area contributed by atoms with Gasteiger partial charge in [0.25, 0.3) is 0 Å². The highest BCUT2D eigenvalue weighted by molar-refractivity contribution is 5.61. The van der Waals surface area contributed by atoms with Gasteiger partial charge in [0.1, 0.15) is 19.0 Å². The number of imidazole rings is 1. The van der Waals surface area contributed by atoms with E-state index in [-0.39, 0.29) is 0 Å². The minimum absolute atomic E-state index is 0.597. The van der Waals surface area contributed by atoms with Crippen molar-refractivity contribution in [2.24, 2.45) is 0 Å². The smallest absolute Gasteiger partial charge is 0.162 e. The number of aromatic nitrogens is 2. The molecule has 1 aromatic carbocycles. The molecule has 0 fully saturated rings. The molecule has 2 aromatic rings. The summed E-state index contributed by atoms with van der Waals surface area (Å²) in [6, 6.07) is 5.86. The second-order valence-corrected chi connectivity index (χ2v) is 4.15. The molecule has 1 aliphatic rings. The molecule has 0 radical (unpaired) electrons. The Bertz CT molecular complexity index is 551. The highest BCUT2D eigenvalue weighted by atomic mass is 16.6. The van der Waals surface area contributed by atoms with E-state index in [2.05, 4.69) is 15.3 Å². The van der Waals surface area contributed by atoms with Gasteiger partial charge in [-0.25, -0.2) is 4.98 Å². The Morgan fingerprint density at radius 1 is 1.28 bits per heavy atom. The van der Waals surface area contributed by atoms with Crippen LogP contribution in [0.3, 0.4) is 0 Å². The molecule has 3 rings (SSSR count). The standard InChI is InChI=1S/C13H15N3O2/c1-14-7-10-8-15-13(16-10)9-2-3-11-12(6-9)18-5-4-17-11/h2-3,6,8,14H,4-5,7H2,1H3,(H,15,16). The van der Waals surface area contributed by atoms with Gasteiger partial charge in [-0.05, 0) is 25.2 Å². The first-order chi connectivity index (χ1) is 8.86. The average Bonchev–Trinajstić information content (AvgIpc) is 2.87. The van der Waals surface area contributed by atoms with Crippen LogP contribution in [0.25, 0.3) is 11.4 Å². The second kappa shape index (κ2) is 4.70. The molecule has 0 saturated carbocycles. The molecule has 1 aromatic heterocycles. The van der Waals surface area contributed by atoms with Crippen LogP contribution in [0.1, 0.15) is 5.69 Å². The predicted octanol–water partition coefficient (Wildman–Crippen LogP) is 1.57. The van der Waals surface area contributed by atoms with Crippen molar-refractivity contribution in [3.8, 4) is 22.9 Å². The SMILES string of the molecule is CNCc1cnc(-c2ccc3c(c2)OCCO3)[nH]1. The van der Waals surface area contributed by atoms with Crippen molar-refractivity contribution < 1.29 is 9.47 Å². The third kappa shape index (κ3) is 2.04. The number of hydrogen-bond acceptors (Lipinski definition) is 4. The summed E-state index contributed by atoms with van der Waals surface area (Å²) in [5.41, 5.74) is 2.06. The fourth-order valence-corrected chi connectivity index (χ4v) is 1.98. The Kier molecular flexibility index (Phi) is 2.90. The molecular weight excluding hydrogens is 230 g/mol. The summed E-state index contributed by atoms with van der Waals surface area (Å²) in [7, 11) is 1.91. The number of nitrogens with zero attached hydrogens (tertiary/aromatic N) is 1. The molecule has 0 unspecified atom stereocenters. The fraction of sp³-hybridized carbons (Fsp3) is 0.308. The molecule has 0 spiro atoms. The van der Waals surface area contributed by atoms with Crippen LogP contribution in [0.4, 0.5) is 0 Å². The van der Waals surface area contributed by atoms with Crippen molar-refractivity contribution in [3.05, 3.63) is 30.1 Å². The van der Waals surface area contributed by atoms with E-state index in [4.69, 9.17) is 9.47 Å². The highest BCUT2D eigenvalue weighted by Crippen LogP contribution is 2.33. The maximum Gasteiger partial charge on any atom is 0.162 e. The zero-order valence-electron chi connectivity index (χ0n) is 10.2. The zero-order chi connectivity index (χ0) is 12.4. The Hall–Kier alpha value is -2.01. The van der Waals surface area contributed by atoms with Crippen molar-refractivity contribution in [1.82, 2.24) is 15.3 Å². The van der Waals surface area contributed by atoms with Crippen molar-refractivity contribution in [1.29, 1.82) is 0 Å². The molecule has 1 aliphatic heterocycles. The van der Waals surface area contributed by atoms with Crippen LogP contribution in [-0.4, -0.2) is 30.2 Å². The number of hydrogen-bond donors (Lipinski definition) is 2. The lowest BCUT2D eigenvalue weighted by Gasteiger charge is -2.18. The quantitative estimate of drug-likeness (QED) is 0.861. The molecule has 5 heteroatoms. The number of benzene rings is 1. The first kappa shape index (κ1) is 11.1. The van der Waals surface area contributed by atoms with Crippen molar-refractivity contribution in [3.63, 3.8) is 0 Å². The maximum atomic E-state index is 5.56. The van der Waals surface area contributed by atoms with Gasteiger partial charge < -0.3 is 19.8 Å². The van der Waals surface area contributed by atoms with E-state index >= 15 is 0 Å². The van der Waals surface area contributed by atoms with Crippen LogP contribution in [0, 0.1) is 0 Å². The average molecular weight is 245 g/mol. The molecule has 0 bridgehead atoms. The minimum Gasteiger partial charge on any atom is -0.486 e. The van der Waals surface area contributed by atoms with Gasteiger partial charge in [-0.3, -0.25) is 0 Å². The molecule has 0 saturated heterocycles. The number of H-pyrrole nitrogens is 1. The Morgan fingerprint density at radius 2 is 2.11 bits per heavy atom. The van der Waals surface area contributed by atoms with E-state index in [9.17, 15) is 0 Å². The van der Waals surface area contributed by atoms with E-state index in [0.29, 0.717) is 13.2 Å². The number of ether oxygens (including phenoxy) is 2. The molecule has 0 aliphatic carbocycles. The van der Waals surface area contributed by atoms with Gasteiger partial charge in [0.05, 0.1) is 0 Å². The summed E-state index contributed by atoms with van der Waals surface area (Å²) in [6.07, 6.45) is 1.84. The van der Waals surface area contributed by atoms with Crippen LogP contribution in [-0.2, 0) is 6.54 Å². The summed E-state index contributed by atoms with van der Waals surface area (Å²) in [6.45, 7) is 1.98. The predicted molar refractivity (Wildman–Crippen MR) is 67.8 cm³/mol. The molecule has 5 nitrogen and oxygen atoms in total. The van der Waals surface area contributed by atoms with Gasteiger partial charge in [0.2, 0.25) is 0 Å². The summed E-state index contributed by atoms with van der Waals surface area (Å²) >= 11 is 0. The Labute approximate surface area is 105 Å². The van der Waals surface area contributed by atoms with Gasteiger partial charge >= 0.3 is 0 Å². The van der Waals surface area contributed by atoms with E-state index in [1.807, 2.05) is 31.4 Å². The summed E-state index contributed by atoms with van der Waals surface area (Å²) in [4.78, 5) is 7.63. The van der Waals surface area contributed by atoms with Crippen LogP contribution in [0.15, 0.2) is 24.4 Å². The molecule has 94 valence electrons. The van der Waals surface area contributed by atoms with Crippen molar-refractivity contribution in [2.75, 3.05) is 20.3 Å². The topological polar surface area (TPSA) is 59.2 Å². The number of nitrogens with one attached hydrogen (secondary N) is 2. The van der Waals surface area contributed by atoms with Gasteiger partial charge in [-0.2, -0.15) is 0 Å². The lowest BCUT2D eigenvalue weighted by Crippen LogP contribution is -2.15. The van der Waals surface area contributed by atoms with Gasteiger partial charge in [-0.1, -0.05) is 0 Å². The fourth-order valence-electron chi connectivity index (χ4n) is 1.98. The largest absolute Gasteiger partial charge is 0.486 e. The zero-order valence-corrected chi connectivity index (χ0v) is 10.2. The first-order valence-corrected chi connectivity index (χ1v) is 5.95. The summed E-state index contributed by atoms with van der Waals surface area (Å²) in [5, 5.41) is 3.08. The Balaban J connectivity index is 1.91. The third-order valence-electron chi connectivity index (χ3n) is 2.81. The Morgan fingerprint density at radius 3 is 2.94 bits per heavy atom. The number of fused-ring (bicyclic) bond motifs is 1. The third-order valence-corrected chi connectivity index (χ3v) is 2.81. The molecular formula is C13H15N3O2. The van der Waals surface area contributed by atoms with Gasteiger partial charge in [-0.15, -0.1) is 0 Å². The van der Waals surface area contributed by atoms with E-state index < -0.39 is 0 Å². The van der Waals surface area contributed by atoms with Gasteiger partial charge in [0.15, 0.2) is 11.5 Å². The molecule has 18 heavy (non-hydrogen) atoms. The van der Waals surface area contributed by atoms with Crippen molar-refractivity contribution >= 4 is 0 Å². The number of rotatable bonds is 3. The molecule has 2 N–H and O–H groups in total. The van der Waals surface area contributed by atoms with E-state index in [1.165, 1.54) is 0 Å². The van der Waals surface area contributed by atoms with Gasteiger partial charge in [0, 0.05) is 24.0 Å². The van der Waals surface area contributed by atoms with E-state index in [1.54, 1.807) is 0 Å². The summed E-state index contributed by atoms with van der Waals surface area (Å²) in [5.74, 6) is 2.43. The lowest BCUT2D eigenvalue weighted by atomic mass is 10.2. The highest BCUT2D eigenvalue weighted by Gasteiger charge is 2.13. The van der Waals surface area contributed by atoms with Crippen LogP contribution < -0.4 is 14.8 Å². The minimum atomic E-state index is 0.597. The monoisotopic (exact) mass is 245 g/mol. The second-order valence-electron chi connectivity index (χ2n) is 4.15. The van der Waals surface area contributed by atoms with Crippen molar-refractivity contribution in [2.45, 2.75) is 6.54 Å². The van der Waals surface area contributed by atoms with E-state index in [0.717, 1.165) is 35.1 Å². The molecule has 0 amide bonds. The van der Waals surface area contributed by atoms with Crippen LogP contribution >= 0.6 is 0 Å². The van der Waals surface area contributed by atoms with Crippen LogP contribution in [0.2, 0.25) is 0 Å². The first-order valence-electron chi connectivity index (χ1n) is 5.95. The molecule has 2 heterocycles. The summed E-state index contributed by atoms with van der Waals surface area (Å²) < 4.78 is 11.1.